The minimum absolute atomic E-state index is 0.302. The molecule has 0 aliphatic carbocycles. The number of nitrogens with zero attached hydrogens (tertiary/aromatic N) is 1. The smallest absolute Gasteiger partial charge is 0.255 e. The molecule has 0 radical (unpaired) electrons. The van der Waals surface area contributed by atoms with E-state index in [0.29, 0.717) is 11.3 Å². The number of anilines is 1. The lowest BCUT2D eigenvalue weighted by Crippen LogP contribution is -2.16. The Morgan fingerprint density at radius 1 is 1.41 bits per heavy atom. The molecule has 0 saturated heterocycles. The van der Waals surface area contributed by atoms with Gasteiger partial charge in [0.05, 0.1) is 0 Å². The average molecular weight is 229 g/mol. The van der Waals surface area contributed by atoms with Crippen LogP contribution in [0.2, 0.25) is 0 Å². The van der Waals surface area contributed by atoms with Crippen LogP contribution in [0.25, 0.3) is 0 Å². The van der Waals surface area contributed by atoms with Crippen LogP contribution in [-0.4, -0.2) is 15.9 Å². The Hall–Kier alpha value is -2.43. The second kappa shape index (κ2) is 4.61. The topological polar surface area (TPSA) is 74.8 Å². The zero-order valence-electron chi connectivity index (χ0n) is 9.23. The fourth-order valence-electron chi connectivity index (χ4n) is 1.39. The predicted octanol–water partition coefficient (Wildman–Crippen LogP) is 1.33. The first kappa shape index (κ1) is 11.1. The highest BCUT2D eigenvalue weighted by Crippen LogP contribution is 2.12. The lowest BCUT2D eigenvalue weighted by Gasteiger charge is -2.06. The van der Waals surface area contributed by atoms with Crippen LogP contribution in [0.15, 0.2) is 41.6 Å². The Kier molecular flexibility index (Phi) is 3.00. The zero-order valence-corrected chi connectivity index (χ0v) is 9.23. The molecule has 0 saturated carbocycles. The van der Waals surface area contributed by atoms with Gasteiger partial charge in [0.1, 0.15) is 0 Å². The van der Waals surface area contributed by atoms with Crippen molar-refractivity contribution in [2.45, 2.75) is 6.92 Å². The number of pyridine rings is 2. The number of rotatable bonds is 2. The van der Waals surface area contributed by atoms with Crippen molar-refractivity contribution in [3.63, 3.8) is 0 Å². The summed E-state index contributed by atoms with van der Waals surface area (Å²) >= 11 is 0. The average Bonchev–Trinajstić information content (AvgIpc) is 2.32. The number of nitrogens with one attached hydrogen (secondary N) is 2. The molecule has 17 heavy (non-hydrogen) atoms. The molecule has 0 atom stereocenters. The summed E-state index contributed by atoms with van der Waals surface area (Å²) in [6.45, 7) is 1.85. The standard InChI is InChI=1S/C12H11N3O2/c1-8-7-13-4-3-10(8)15-12(17)9-2-5-14-11(16)6-9/h2-7H,1H3,(H,14,16)(H,13,15,17). The van der Waals surface area contributed by atoms with Crippen LogP contribution >= 0.6 is 0 Å². The van der Waals surface area contributed by atoms with E-state index in [2.05, 4.69) is 15.3 Å². The fraction of sp³-hybridized carbons (Fsp3) is 0.0833. The van der Waals surface area contributed by atoms with E-state index in [1.807, 2.05) is 6.92 Å². The third-order valence-corrected chi connectivity index (χ3v) is 2.31. The van der Waals surface area contributed by atoms with Crippen molar-refractivity contribution < 1.29 is 4.79 Å². The molecule has 2 aromatic heterocycles. The molecule has 5 heteroatoms. The van der Waals surface area contributed by atoms with E-state index in [9.17, 15) is 9.59 Å². The third-order valence-electron chi connectivity index (χ3n) is 2.31. The molecule has 0 spiro atoms. The van der Waals surface area contributed by atoms with Gasteiger partial charge in [-0.05, 0) is 24.6 Å². The molecule has 1 amide bonds. The quantitative estimate of drug-likeness (QED) is 0.815. The predicted molar refractivity (Wildman–Crippen MR) is 64.0 cm³/mol. The first-order valence-corrected chi connectivity index (χ1v) is 5.07. The van der Waals surface area contributed by atoms with Gasteiger partial charge in [0.2, 0.25) is 5.56 Å². The minimum atomic E-state index is -0.314. The van der Waals surface area contributed by atoms with Crippen LogP contribution in [0, 0.1) is 6.92 Å². The van der Waals surface area contributed by atoms with E-state index < -0.39 is 0 Å². The van der Waals surface area contributed by atoms with Crippen molar-refractivity contribution in [1.29, 1.82) is 0 Å². The van der Waals surface area contributed by atoms with Gasteiger partial charge in [-0.15, -0.1) is 0 Å². The van der Waals surface area contributed by atoms with E-state index in [-0.39, 0.29) is 11.5 Å². The van der Waals surface area contributed by atoms with Crippen LogP contribution in [0.3, 0.4) is 0 Å². The van der Waals surface area contributed by atoms with E-state index >= 15 is 0 Å². The Labute approximate surface area is 97.5 Å². The number of H-pyrrole nitrogens is 1. The first-order chi connectivity index (χ1) is 8.16. The van der Waals surface area contributed by atoms with Gasteiger partial charge in [0.15, 0.2) is 0 Å². The highest BCUT2D eigenvalue weighted by atomic mass is 16.2. The number of aromatic amines is 1. The van der Waals surface area contributed by atoms with Crippen LogP contribution in [-0.2, 0) is 0 Å². The van der Waals surface area contributed by atoms with Crippen LogP contribution in [0.1, 0.15) is 15.9 Å². The van der Waals surface area contributed by atoms with Gasteiger partial charge in [0.25, 0.3) is 5.91 Å². The minimum Gasteiger partial charge on any atom is -0.329 e. The summed E-state index contributed by atoms with van der Waals surface area (Å²) in [5, 5.41) is 2.72. The van der Waals surface area contributed by atoms with Gasteiger partial charge in [-0.2, -0.15) is 0 Å². The van der Waals surface area contributed by atoms with E-state index in [4.69, 9.17) is 0 Å². The molecule has 2 heterocycles. The maximum atomic E-state index is 11.8. The summed E-state index contributed by atoms with van der Waals surface area (Å²) in [4.78, 5) is 29.3. The molecule has 5 nitrogen and oxygen atoms in total. The highest BCUT2D eigenvalue weighted by Gasteiger charge is 2.07. The molecule has 86 valence electrons. The van der Waals surface area contributed by atoms with Gasteiger partial charge < -0.3 is 10.3 Å². The number of carbonyl (C=O) groups is 1. The van der Waals surface area contributed by atoms with E-state index in [0.717, 1.165) is 5.56 Å². The largest absolute Gasteiger partial charge is 0.329 e. The van der Waals surface area contributed by atoms with Crippen LogP contribution in [0.4, 0.5) is 5.69 Å². The maximum absolute atomic E-state index is 11.8. The zero-order chi connectivity index (χ0) is 12.3. The number of hydrogen-bond donors (Lipinski definition) is 2. The van der Waals surface area contributed by atoms with Gasteiger partial charge in [-0.1, -0.05) is 0 Å². The first-order valence-electron chi connectivity index (χ1n) is 5.07. The summed E-state index contributed by atoms with van der Waals surface area (Å²) in [7, 11) is 0. The molecule has 0 aliphatic rings. The lowest BCUT2D eigenvalue weighted by atomic mass is 10.2. The van der Waals surface area contributed by atoms with Crippen molar-refractivity contribution >= 4 is 11.6 Å². The highest BCUT2D eigenvalue weighted by molar-refractivity contribution is 6.04. The fourth-order valence-corrected chi connectivity index (χ4v) is 1.39. The molecular formula is C12H11N3O2. The Balaban J connectivity index is 2.23. The maximum Gasteiger partial charge on any atom is 0.255 e. The van der Waals surface area contributed by atoms with E-state index in [1.165, 1.54) is 12.3 Å². The summed E-state index contributed by atoms with van der Waals surface area (Å²) in [5.74, 6) is -0.314. The summed E-state index contributed by atoms with van der Waals surface area (Å²) in [5.41, 5.74) is 1.57. The number of amides is 1. The van der Waals surface area contributed by atoms with Crippen LogP contribution in [0.5, 0.6) is 0 Å². The van der Waals surface area contributed by atoms with Gasteiger partial charge in [-0.25, -0.2) is 0 Å². The van der Waals surface area contributed by atoms with Crippen molar-refractivity contribution in [3.05, 3.63) is 58.3 Å². The Bertz CT molecular complexity index is 604. The number of hydrogen-bond acceptors (Lipinski definition) is 3. The Morgan fingerprint density at radius 3 is 2.94 bits per heavy atom. The molecule has 0 aromatic carbocycles. The molecule has 2 aromatic rings. The van der Waals surface area contributed by atoms with Gasteiger partial charge >= 0.3 is 0 Å². The third kappa shape index (κ3) is 2.57. The SMILES string of the molecule is Cc1cnccc1NC(=O)c1cc[nH]c(=O)c1. The summed E-state index contributed by atoms with van der Waals surface area (Å²) < 4.78 is 0. The number of carbonyl (C=O) groups excluding carboxylic acids is 1. The monoisotopic (exact) mass is 229 g/mol. The molecule has 0 bridgehead atoms. The van der Waals surface area contributed by atoms with Gasteiger partial charge in [-0.3, -0.25) is 14.6 Å². The molecule has 0 aliphatic heterocycles. The van der Waals surface area contributed by atoms with Crippen molar-refractivity contribution in [2.75, 3.05) is 5.32 Å². The van der Waals surface area contributed by atoms with Crippen molar-refractivity contribution in [3.8, 4) is 0 Å². The number of aryl methyl sites for hydroxylation is 1. The lowest BCUT2D eigenvalue weighted by molar-refractivity contribution is 0.102. The molecular weight excluding hydrogens is 218 g/mol. The molecule has 0 fully saturated rings. The van der Waals surface area contributed by atoms with Crippen molar-refractivity contribution in [2.24, 2.45) is 0 Å². The number of aromatic nitrogens is 2. The summed E-state index contributed by atoms with van der Waals surface area (Å²) in [6.07, 6.45) is 4.70. The van der Waals surface area contributed by atoms with Crippen molar-refractivity contribution in [1.82, 2.24) is 9.97 Å². The molecule has 2 rings (SSSR count). The van der Waals surface area contributed by atoms with E-state index in [1.54, 1.807) is 24.5 Å². The molecule has 0 unspecified atom stereocenters. The van der Waals surface area contributed by atoms with Crippen LogP contribution < -0.4 is 10.9 Å². The second-order valence-electron chi connectivity index (χ2n) is 3.59. The molecule has 2 N–H and O–H groups in total. The van der Waals surface area contributed by atoms with Gasteiger partial charge in [0, 0.05) is 35.9 Å². The second-order valence-corrected chi connectivity index (χ2v) is 3.59. The summed E-state index contributed by atoms with van der Waals surface area (Å²) in [6, 6.07) is 4.51. The normalized spacial score (nSPS) is 9.94. The Morgan fingerprint density at radius 2 is 2.24 bits per heavy atom.